The van der Waals surface area contributed by atoms with Gasteiger partial charge in [-0.3, -0.25) is 0 Å². The summed E-state index contributed by atoms with van der Waals surface area (Å²) >= 11 is 1.42. The summed E-state index contributed by atoms with van der Waals surface area (Å²) in [4.78, 5) is 0. The Kier molecular flexibility index (Phi) is 4.68. The molecule has 6 nitrogen and oxygen atoms in total. The summed E-state index contributed by atoms with van der Waals surface area (Å²) in [6.45, 7) is 0. The molecule has 0 N–H and O–H groups in total. The fourth-order valence-electron chi connectivity index (χ4n) is 2.48. The van der Waals surface area contributed by atoms with Gasteiger partial charge in [-0.05, 0) is 30.0 Å². The largest absolute Gasteiger partial charge is 0.416 e. The van der Waals surface area contributed by atoms with Gasteiger partial charge in [0.15, 0.2) is 9.84 Å². The van der Waals surface area contributed by atoms with Gasteiger partial charge in [-0.15, -0.1) is 10.2 Å². The summed E-state index contributed by atoms with van der Waals surface area (Å²) in [6, 6.07) is 9.42. The smallest absolute Gasteiger partial charge is 0.276 e. The number of rotatable bonds is 5. The highest BCUT2D eigenvalue weighted by atomic mass is 32.2. The normalized spacial score (nSPS) is 19.5. The fourth-order valence-corrected chi connectivity index (χ4v) is 5.08. The molecule has 2 heterocycles. The van der Waals surface area contributed by atoms with E-state index in [0.717, 1.165) is 5.56 Å². The zero-order valence-electron chi connectivity index (χ0n) is 12.3. The average Bonchev–Trinajstić information content (AvgIpc) is 3.12. The summed E-state index contributed by atoms with van der Waals surface area (Å²) in [7, 11) is -2.88. The molecule has 1 aliphatic heterocycles. The second-order valence-electron chi connectivity index (χ2n) is 5.53. The topological polar surface area (TPSA) is 96.9 Å². The highest BCUT2D eigenvalue weighted by Crippen LogP contribution is 2.25. The molecule has 8 heteroatoms. The SMILES string of the molecule is N#Cc1ccc(CSc2nnc(C[C@H]3CCS(=O)(=O)C3)o2)cc1. The maximum absolute atomic E-state index is 11.5. The number of nitrogens with zero attached hydrogens (tertiary/aromatic N) is 3. The molecule has 1 aromatic carbocycles. The van der Waals surface area contributed by atoms with E-state index < -0.39 is 9.84 Å². The van der Waals surface area contributed by atoms with Gasteiger partial charge < -0.3 is 4.42 Å². The van der Waals surface area contributed by atoms with E-state index in [1.807, 2.05) is 12.1 Å². The van der Waals surface area contributed by atoms with Crippen LogP contribution in [0.5, 0.6) is 0 Å². The molecule has 0 aliphatic carbocycles. The van der Waals surface area contributed by atoms with Gasteiger partial charge in [0.25, 0.3) is 5.22 Å². The van der Waals surface area contributed by atoms with Crippen LogP contribution < -0.4 is 0 Å². The minimum absolute atomic E-state index is 0.0804. The predicted molar refractivity (Wildman–Crippen MR) is 85.5 cm³/mol. The number of aromatic nitrogens is 2. The molecule has 1 saturated heterocycles. The minimum Gasteiger partial charge on any atom is -0.416 e. The predicted octanol–water partition coefficient (Wildman–Crippen LogP) is 2.21. The van der Waals surface area contributed by atoms with Gasteiger partial charge in [0.1, 0.15) is 0 Å². The van der Waals surface area contributed by atoms with Gasteiger partial charge in [0.05, 0.1) is 23.1 Å². The molecule has 2 aromatic rings. The van der Waals surface area contributed by atoms with Crippen molar-refractivity contribution >= 4 is 21.6 Å². The van der Waals surface area contributed by atoms with Gasteiger partial charge in [0.2, 0.25) is 5.89 Å². The number of benzene rings is 1. The van der Waals surface area contributed by atoms with Crippen molar-refractivity contribution < 1.29 is 12.8 Å². The van der Waals surface area contributed by atoms with E-state index >= 15 is 0 Å². The summed E-state index contributed by atoms with van der Waals surface area (Å²) in [5.74, 6) is 1.71. The Hall–Kier alpha value is -1.85. The molecule has 1 atom stereocenters. The van der Waals surface area contributed by atoms with Crippen LogP contribution in [0.2, 0.25) is 0 Å². The third kappa shape index (κ3) is 4.33. The molecular formula is C15H15N3O3S2. The summed E-state index contributed by atoms with van der Waals surface area (Å²) in [6.07, 6.45) is 1.18. The van der Waals surface area contributed by atoms with Crippen molar-refractivity contribution in [2.45, 2.75) is 23.8 Å². The van der Waals surface area contributed by atoms with E-state index in [4.69, 9.17) is 9.68 Å². The second kappa shape index (κ2) is 6.72. The van der Waals surface area contributed by atoms with Crippen LogP contribution in [0.4, 0.5) is 0 Å². The van der Waals surface area contributed by atoms with Crippen LogP contribution in [0.1, 0.15) is 23.4 Å². The van der Waals surface area contributed by atoms with Crippen molar-refractivity contribution in [1.29, 1.82) is 5.26 Å². The standard InChI is InChI=1S/C15H15N3O3S2/c16-8-11-1-3-12(4-2-11)9-22-15-18-17-14(21-15)7-13-5-6-23(19,20)10-13/h1-4,13H,5-7,9-10H2/t13-/m1/s1. The molecule has 0 amide bonds. The van der Waals surface area contributed by atoms with Gasteiger partial charge in [0, 0.05) is 12.2 Å². The molecule has 1 fully saturated rings. The quantitative estimate of drug-likeness (QED) is 0.763. The third-order valence-corrected chi connectivity index (χ3v) is 6.41. The molecule has 0 bridgehead atoms. The molecular weight excluding hydrogens is 334 g/mol. The Morgan fingerprint density at radius 1 is 1.30 bits per heavy atom. The van der Waals surface area contributed by atoms with Crippen LogP contribution in [0.3, 0.4) is 0 Å². The highest BCUT2D eigenvalue weighted by molar-refractivity contribution is 7.98. The van der Waals surface area contributed by atoms with Crippen LogP contribution in [-0.4, -0.2) is 30.1 Å². The molecule has 1 aliphatic rings. The Morgan fingerprint density at radius 3 is 2.74 bits per heavy atom. The zero-order valence-corrected chi connectivity index (χ0v) is 13.9. The second-order valence-corrected chi connectivity index (χ2v) is 8.69. The fraction of sp³-hybridized carbons (Fsp3) is 0.400. The van der Waals surface area contributed by atoms with E-state index in [-0.39, 0.29) is 17.4 Å². The molecule has 120 valence electrons. The minimum atomic E-state index is -2.88. The lowest BCUT2D eigenvalue weighted by Gasteiger charge is -2.02. The van der Waals surface area contributed by atoms with Crippen LogP contribution in [0.15, 0.2) is 33.9 Å². The number of hydrogen-bond donors (Lipinski definition) is 0. The number of thioether (sulfide) groups is 1. The maximum atomic E-state index is 11.5. The number of sulfone groups is 1. The van der Waals surface area contributed by atoms with Crippen LogP contribution >= 0.6 is 11.8 Å². The van der Waals surface area contributed by atoms with Crippen molar-refractivity contribution in [2.24, 2.45) is 5.92 Å². The van der Waals surface area contributed by atoms with E-state index in [0.29, 0.717) is 35.3 Å². The highest BCUT2D eigenvalue weighted by Gasteiger charge is 2.29. The number of nitriles is 1. The Balaban J connectivity index is 1.54. The van der Waals surface area contributed by atoms with Gasteiger partial charge in [-0.25, -0.2) is 8.42 Å². The zero-order chi connectivity index (χ0) is 16.3. The Morgan fingerprint density at radius 2 is 2.09 bits per heavy atom. The van der Waals surface area contributed by atoms with Crippen molar-refractivity contribution in [2.75, 3.05) is 11.5 Å². The molecule has 1 aromatic heterocycles. The molecule has 3 rings (SSSR count). The molecule has 0 unspecified atom stereocenters. The first-order valence-electron chi connectivity index (χ1n) is 7.19. The Labute approximate surface area is 138 Å². The van der Waals surface area contributed by atoms with E-state index in [2.05, 4.69) is 16.3 Å². The molecule has 23 heavy (non-hydrogen) atoms. The third-order valence-electron chi connectivity index (χ3n) is 3.68. The molecule has 0 spiro atoms. The van der Waals surface area contributed by atoms with E-state index in [1.165, 1.54) is 11.8 Å². The number of hydrogen-bond acceptors (Lipinski definition) is 7. The van der Waals surface area contributed by atoms with E-state index in [1.54, 1.807) is 12.1 Å². The monoisotopic (exact) mass is 349 g/mol. The maximum Gasteiger partial charge on any atom is 0.276 e. The van der Waals surface area contributed by atoms with Crippen molar-refractivity contribution in [3.63, 3.8) is 0 Å². The lowest BCUT2D eigenvalue weighted by molar-refractivity contribution is 0.389. The summed E-state index contributed by atoms with van der Waals surface area (Å²) in [5, 5.41) is 17.2. The van der Waals surface area contributed by atoms with Gasteiger partial charge in [-0.1, -0.05) is 23.9 Å². The summed E-state index contributed by atoms with van der Waals surface area (Å²) in [5.41, 5.74) is 1.70. The first-order valence-corrected chi connectivity index (χ1v) is 9.99. The summed E-state index contributed by atoms with van der Waals surface area (Å²) < 4.78 is 28.5. The van der Waals surface area contributed by atoms with Gasteiger partial charge in [-0.2, -0.15) is 5.26 Å². The lowest BCUT2D eigenvalue weighted by atomic mass is 10.1. The van der Waals surface area contributed by atoms with Gasteiger partial charge >= 0.3 is 0 Å². The molecule has 0 saturated carbocycles. The lowest BCUT2D eigenvalue weighted by Crippen LogP contribution is -2.07. The van der Waals surface area contributed by atoms with Crippen molar-refractivity contribution in [1.82, 2.24) is 10.2 Å². The van der Waals surface area contributed by atoms with Crippen molar-refractivity contribution in [3.05, 3.63) is 41.3 Å². The average molecular weight is 349 g/mol. The van der Waals surface area contributed by atoms with Crippen LogP contribution in [0.25, 0.3) is 0 Å². The van der Waals surface area contributed by atoms with E-state index in [9.17, 15) is 8.42 Å². The molecule has 0 radical (unpaired) electrons. The Bertz CT molecular complexity index is 822. The van der Waals surface area contributed by atoms with Crippen LogP contribution in [0, 0.1) is 17.2 Å². The first-order chi connectivity index (χ1) is 11.0. The van der Waals surface area contributed by atoms with Crippen LogP contribution in [-0.2, 0) is 22.0 Å². The first kappa shape index (κ1) is 16.0. The van der Waals surface area contributed by atoms with Crippen molar-refractivity contribution in [3.8, 4) is 6.07 Å².